The molecule has 0 radical (unpaired) electrons. The van der Waals surface area contributed by atoms with Crippen molar-refractivity contribution in [3.05, 3.63) is 35.3 Å². The van der Waals surface area contributed by atoms with Crippen LogP contribution in [0.15, 0.2) is 18.2 Å². The Morgan fingerprint density at radius 1 is 1.41 bits per heavy atom. The normalized spacial score (nSPS) is 12.6. The van der Waals surface area contributed by atoms with Crippen molar-refractivity contribution in [2.75, 3.05) is 12.4 Å². The van der Waals surface area contributed by atoms with Gasteiger partial charge >= 0.3 is 0 Å². The zero-order valence-electron chi connectivity index (χ0n) is 12.8. The third-order valence-corrected chi connectivity index (χ3v) is 4.64. The van der Waals surface area contributed by atoms with Gasteiger partial charge in [0.25, 0.3) is 0 Å². The third kappa shape index (κ3) is 2.52. The van der Waals surface area contributed by atoms with Gasteiger partial charge in [0.2, 0.25) is 0 Å². The predicted octanol–water partition coefficient (Wildman–Crippen LogP) is 3.66. The number of aromatic nitrogens is 3. The number of ether oxygens (including phenoxy) is 1. The fourth-order valence-corrected chi connectivity index (χ4v) is 3.39. The molecule has 0 unspecified atom stereocenters. The highest BCUT2D eigenvalue weighted by molar-refractivity contribution is 7.22. The zero-order chi connectivity index (χ0) is 15.9. The monoisotopic (exact) mass is 320 g/mol. The van der Waals surface area contributed by atoms with Gasteiger partial charge in [-0.05, 0) is 31.5 Å². The maximum atomic E-state index is 13.8. The van der Waals surface area contributed by atoms with Crippen LogP contribution >= 0.6 is 11.3 Å². The van der Waals surface area contributed by atoms with E-state index >= 15 is 0 Å². The Labute approximate surface area is 131 Å². The van der Waals surface area contributed by atoms with Crippen molar-refractivity contribution >= 4 is 26.8 Å². The van der Waals surface area contributed by atoms with Crippen LogP contribution in [0, 0.1) is 12.7 Å². The van der Waals surface area contributed by atoms with Gasteiger partial charge in [0.15, 0.2) is 22.3 Å². The minimum Gasteiger partial charge on any atom is -0.494 e. The van der Waals surface area contributed by atoms with Crippen LogP contribution in [0.4, 0.5) is 9.52 Å². The first-order chi connectivity index (χ1) is 10.5. The Morgan fingerprint density at radius 2 is 2.18 bits per heavy atom. The molecule has 5 nitrogen and oxygen atoms in total. The lowest BCUT2D eigenvalue weighted by molar-refractivity contribution is 0.386. The van der Waals surface area contributed by atoms with E-state index in [0.29, 0.717) is 0 Å². The number of anilines is 1. The number of thiazole rings is 1. The molecule has 0 spiro atoms. The Bertz CT molecular complexity index is 792. The smallest absolute Gasteiger partial charge is 0.185 e. The highest BCUT2D eigenvalue weighted by Gasteiger charge is 2.15. The summed E-state index contributed by atoms with van der Waals surface area (Å²) in [4.78, 5) is 4.54. The lowest BCUT2D eigenvalue weighted by atomic mass is 10.1. The van der Waals surface area contributed by atoms with Gasteiger partial charge in [0.05, 0.1) is 23.5 Å². The molecule has 2 heterocycles. The molecule has 0 amide bonds. The standard InChI is InChI=1S/C15H17FN4OS/c1-8(10-5-6-12(21-4)11(16)7-10)17-15-18-14-13(22-15)9(2)19-20(14)3/h5-8H,1-4H3,(H,17,18)/t8-/m1/s1. The van der Waals surface area contributed by atoms with Gasteiger partial charge in [0.1, 0.15) is 0 Å². The molecule has 0 aliphatic rings. The van der Waals surface area contributed by atoms with Gasteiger partial charge in [-0.2, -0.15) is 5.10 Å². The van der Waals surface area contributed by atoms with Crippen molar-refractivity contribution in [1.29, 1.82) is 0 Å². The Hall–Kier alpha value is -2.15. The van der Waals surface area contributed by atoms with Crippen LogP contribution in [-0.4, -0.2) is 21.9 Å². The quantitative estimate of drug-likeness (QED) is 0.797. The van der Waals surface area contributed by atoms with Crippen LogP contribution in [0.25, 0.3) is 10.3 Å². The van der Waals surface area contributed by atoms with Crippen LogP contribution in [-0.2, 0) is 7.05 Å². The summed E-state index contributed by atoms with van der Waals surface area (Å²) >= 11 is 1.56. The zero-order valence-corrected chi connectivity index (χ0v) is 13.7. The maximum Gasteiger partial charge on any atom is 0.185 e. The van der Waals surface area contributed by atoms with Gasteiger partial charge in [0, 0.05) is 7.05 Å². The van der Waals surface area contributed by atoms with E-state index in [-0.39, 0.29) is 17.6 Å². The maximum absolute atomic E-state index is 13.8. The molecule has 0 saturated heterocycles. The van der Waals surface area contributed by atoms with E-state index in [2.05, 4.69) is 15.4 Å². The molecular weight excluding hydrogens is 303 g/mol. The summed E-state index contributed by atoms with van der Waals surface area (Å²) in [6.07, 6.45) is 0. The molecule has 1 N–H and O–H groups in total. The van der Waals surface area contributed by atoms with E-state index in [1.165, 1.54) is 13.2 Å². The Balaban J connectivity index is 1.84. The van der Waals surface area contributed by atoms with E-state index in [1.54, 1.807) is 22.1 Å². The van der Waals surface area contributed by atoms with Crippen molar-refractivity contribution in [3.63, 3.8) is 0 Å². The Kier molecular flexibility index (Phi) is 3.74. The molecule has 0 fully saturated rings. The van der Waals surface area contributed by atoms with E-state index < -0.39 is 0 Å². The summed E-state index contributed by atoms with van der Waals surface area (Å²) < 4.78 is 21.6. The van der Waals surface area contributed by atoms with Crippen molar-refractivity contribution in [1.82, 2.24) is 14.8 Å². The van der Waals surface area contributed by atoms with Gasteiger partial charge in [-0.3, -0.25) is 0 Å². The second-order valence-corrected chi connectivity index (χ2v) is 6.14. The second kappa shape index (κ2) is 5.57. The lowest BCUT2D eigenvalue weighted by Gasteiger charge is -2.14. The highest BCUT2D eigenvalue weighted by atomic mass is 32.1. The molecule has 0 saturated carbocycles. The number of methoxy groups -OCH3 is 1. The number of hydrogen-bond donors (Lipinski definition) is 1. The average Bonchev–Trinajstić information content (AvgIpc) is 3.00. The third-order valence-electron chi connectivity index (χ3n) is 3.56. The number of nitrogens with one attached hydrogen (secondary N) is 1. The molecule has 3 rings (SSSR count). The minimum absolute atomic E-state index is 0.0609. The first-order valence-corrected chi connectivity index (χ1v) is 7.71. The minimum atomic E-state index is -0.363. The summed E-state index contributed by atoms with van der Waals surface area (Å²) in [6.45, 7) is 3.94. The number of benzene rings is 1. The molecule has 116 valence electrons. The first-order valence-electron chi connectivity index (χ1n) is 6.89. The second-order valence-electron chi connectivity index (χ2n) is 5.14. The van der Waals surface area contributed by atoms with E-state index in [4.69, 9.17) is 4.74 Å². The largest absolute Gasteiger partial charge is 0.494 e. The van der Waals surface area contributed by atoms with Crippen LogP contribution in [0.1, 0.15) is 24.2 Å². The molecular formula is C15H17FN4OS. The number of fused-ring (bicyclic) bond motifs is 1. The molecule has 1 atom stereocenters. The average molecular weight is 320 g/mol. The van der Waals surface area contributed by atoms with Gasteiger partial charge < -0.3 is 10.1 Å². The van der Waals surface area contributed by atoms with Gasteiger partial charge in [-0.15, -0.1) is 0 Å². The molecule has 0 aliphatic heterocycles. The summed E-state index contributed by atoms with van der Waals surface area (Å²) in [6, 6.07) is 4.90. The van der Waals surface area contributed by atoms with Crippen molar-refractivity contribution in [2.24, 2.45) is 7.05 Å². The Morgan fingerprint density at radius 3 is 2.82 bits per heavy atom. The topological polar surface area (TPSA) is 52.0 Å². The fraction of sp³-hybridized carbons (Fsp3) is 0.333. The lowest BCUT2D eigenvalue weighted by Crippen LogP contribution is -2.07. The SMILES string of the molecule is COc1ccc([C@@H](C)Nc2nc3c(s2)c(C)nn3C)cc1F. The number of hydrogen-bond acceptors (Lipinski definition) is 5. The molecule has 7 heteroatoms. The van der Waals surface area contributed by atoms with Crippen LogP contribution in [0.3, 0.4) is 0 Å². The molecule has 0 aliphatic carbocycles. The van der Waals surface area contributed by atoms with E-state index in [0.717, 1.165) is 26.7 Å². The van der Waals surface area contributed by atoms with Crippen LogP contribution < -0.4 is 10.1 Å². The summed E-state index contributed by atoms with van der Waals surface area (Å²) in [5, 5.41) is 8.45. The number of rotatable bonds is 4. The van der Waals surface area contributed by atoms with Crippen molar-refractivity contribution in [2.45, 2.75) is 19.9 Å². The first kappa shape index (κ1) is 14.8. The van der Waals surface area contributed by atoms with Crippen LogP contribution in [0.2, 0.25) is 0 Å². The number of aryl methyl sites for hydroxylation is 2. The van der Waals surface area contributed by atoms with Gasteiger partial charge in [-0.1, -0.05) is 17.4 Å². The molecule has 0 bridgehead atoms. The molecule has 1 aromatic carbocycles. The van der Waals surface area contributed by atoms with Crippen LogP contribution in [0.5, 0.6) is 5.75 Å². The number of halogens is 1. The van der Waals surface area contributed by atoms with Crippen molar-refractivity contribution in [3.8, 4) is 5.75 Å². The highest BCUT2D eigenvalue weighted by Crippen LogP contribution is 2.31. The fourth-order valence-electron chi connectivity index (χ4n) is 2.37. The predicted molar refractivity (Wildman–Crippen MR) is 86.1 cm³/mol. The van der Waals surface area contributed by atoms with E-state index in [1.807, 2.05) is 27.0 Å². The van der Waals surface area contributed by atoms with Gasteiger partial charge in [-0.25, -0.2) is 14.1 Å². The summed E-state index contributed by atoms with van der Waals surface area (Å²) in [5.41, 5.74) is 2.66. The number of nitrogens with zero attached hydrogens (tertiary/aromatic N) is 3. The van der Waals surface area contributed by atoms with E-state index in [9.17, 15) is 4.39 Å². The summed E-state index contributed by atoms with van der Waals surface area (Å²) in [5.74, 6) is -0.115. The summed E-state index contributed by atoms with van der Waals surface area (Å²) in [7, 11) is 3.33. The molecule has 3 aromatic rings. The molecule has 22 heavy (non-hydrogen) atoms. The molecule has 2 aromatic heterocycles. The van der Waals surface area contributed by atoms with Crippen molar-refractivity contribution < 1.29 is 9.13 Å².